The number of nitrogens with one attached hydrogen (secondary N) is 1. The zero-order valence-corrected chi connectivity index (χ0v) is 19.6. The quantitative estimate of drug-likeness (QED) is 0.475. The number of sulfonamides is 1. The molecule has 0 saturated carbocycles. The molecule has 0 amide bonds. The molecule has 1 fully saturated rings. The molecule has 1 saturated heterocycles. The maximum atomic E-state index is 12.9. The number of rotatable bonds is 9. The van der Waals surface area contributed by atoms with Gasteiger partial charge < -0.3 is 14.2 Å². The highest BCUT2D eigenvalue weighted by Gasteiger charge is 2.30. The topological polar surface area (TPSA) is 130 Å². The number of halogens is 1. The molecule has 1 aliphatic rings. The Morgan fingerprint density at radius 2 is 1.88 bits per heavy atom. The molecular weight excluding hydrogens is 472 g/mol. The molecule has 0 bridgehead atoms. The fourth-order valence-corrected chi connectivity index (χ4v) is 4.58. The van der Waals surface area contributed by atoms with E-state index in [1.54, 1.807) is 22.8 Å². The summed E-state index contributed by atoms with van der Waals surface area (Å²) in [5.41, 5.74) is 0.494. The van der Waals surface area contributed by atoms with Gasteiger partial charge in [0.25, 0.3) is 0 Å². The number of aromatic nitrogens is 5. The second-order valence-corrected chi connectivity index (χ2v) is 9.56. The number of nitrogens with zero attached hydrogens (tertiary/aromatic N) is 5. The van der Waals surface area contributed by atoms with Gasteiger partial charge in [-0.1, -0.05) is 17.7 Å². The standard InChI is InChI=1S/C20H23ClN6O5S/c1-30-15-4-3-5-16(31-2)18(15)27-19(13-6-8-32-12-13)24-25-20(27)26-33(28,29)9-7-17-22-10-14(21)11-23-17/h3-5,10-11,13H,6-9,12H2,1-2H3,(H,25,26)/t13-/m0/s1. The molecule has 1 atom stereocenters. The minimum absolute atomic E-state index is 0.0247. The van der Waals surface area contributed by atoms with Crippen molar-refractivity contribution in [1.82, 2.24) is 24.7 Å². The number of benzene rings is 1. The lowest BCUT2D eigenvalue weighted by atomic mass is 10.1. The van der Waals surface area contributed by atoms with Crippen molar-refractivity contribution in [3.8, 4) is 17.2 Å². The molecule has 3 heterocycles. The highest BCUT2D eigenvalue weighted by Crippen LogP contribution is 2.38. The molecule has 2 aromatic heterocycles. The molecule has 4 rings (SSSR count). The molecule has 3 aromatic rings. The van der Waals surface area contributed by atoms with Gasteiger partial charge >= 0.3 is 0 Å². The van der Waals surface area contributed by atoms with E-state index in [2.05, 4.69) is 24.9 Å². The Balaban J connectivity index is 1.70. The molecule has 1 aliphatic heterocycles. The molecule has 33 heavy (non-hydrogen) atoms. The van der Waals surface area contributed by atoms with Crippen LogP contribution < -0.4 is 14.2 Å². The van der Waals surface area contributed by atoms with Crippen LogP contribution in [0.3, 0.4) is 0 Å². The van der Waals surface area contributed by atoms with Gasteiger partial charge in [0, 0.05) is 31.3 Å². The number of ether oxygens (including phenoxy) is 3. The molecule has 0 spiro atoms. The van der Waals surface area contributed by atoms with E-state index in [0.717, 1.165) is 6.42 Å². The summed E-state index contributed by atoms with van der Waals surface area (Å²) in [7, 11) is -0.772. The van der Waals surface area contributed by atoms with E-state index in [1.165, 1.54) is 26.6 Å². The second kappa shape index (κ2) is 9.89. The third-order valence-corrected chi connectivity index (χ3v) is 6.55. The first-order chi connectivity index (χ1) is 15.9. The summed E-state index contributed by atoms with van der Waals surface area (Å²) in [5.74, 6) is 1.57. The predicted molar refractivity (Wildman–Crippen MR) is 121 cm³/mol. The zero-order valence-electron chi connectivity index (χ0n) is 18.1. The SMILES string of the molecule is COc1cccc(OC)c1-n1c(NS(=O)(=O)CCc2ncc(Cl)cn2)nnc1[C@H]1CCOC1. The summed E-state index contributed by atoms with van der Waals surface area (Å²) < 4.78 is 46.6. The van der Waals surface area contributed by atoms with Gasteiger partial charge in [0.15, 0.2) is 0 Å². The summed E-state index contributed by atoms with van der Waals surface area (Å²) in [6, 6.07) is 5.28. The number of para-hydroxylation sites is 1. The average Bonchev–Trinajstić information content (AvgIpc) is 3.48. The number of hydrogen-bond donors (Lipinski definition) is 1. The van der Waals surface area contributed by atoms with Crippen molar-refractivity contribution in [2.24, 2.45) is 0 Å². The van der Waals surface area contributed by atoms with Crippen LogP contribution in [-0.2, 0) is 21.2 Å². The Labute approximate surface area is 196 Å². The molecular formula is C20H23ClN6O5S. The van der Waals surface area contributed by atoms with Gasteiger partial charge in [-0.05, 0) is 18.6 Å². The predicted octanol–water partition coefficient (Wildman–Crippen LogP) is 2.22. The van der Waals surface area contributed by atoms with E-state index in [9.17, 15) is 8.42 Å². The van der Waals surface area contributed by atoms with Crippen LogP contribution in [0, 0.1) is 0 Å². The number of methoxy groups -OCH3 is 2. The highest BCUT2D eigenvalue weighted by molar-refractivity contribution is 7.92. The maximum absolute atomic E-state index is 12.9. The van der Waals surface area contributed by atoms with Gasteiger partial charge in [-0.25, -0.2) is 18.4 Å². The van der Waals surface area contributed by atoms with Crippen molar-refractivity contribution in [2.45, 2.75) is 18.8 Å². The minimum Gasteiger partial charge on any atom is -0.494 e. The third kappa shape index (κ3) is 5.18. The molecule has 11 nitrogen and oxygen atoms in total. The molecule has 1 N–H and O–H groups in total. The van der Waals surface area contributed by atoms with Crippen LogP contribution in [0.2, 0.25) is 5.02 Å². The van der Waals surface area contributed by atoms with Crippen LogP contribution in [0.1, 0.15) is 24.0 Å². The second-order valence-electron chi connectivity index (χ2n) is 7.28. The number of aryl methyl sites for hydroxylation is 1. The summed E-state index contributed by atoms with van der Waals surface area (Å²) >= 11 is 5.79. The largest absolute Gasteiger partial charge is 0.494 e. The Bertz CT molecular complexity index is 1190. The maximum Gasteiger partial charge on any atom is 0.243 e. The molecule has 1 aromatic carbocycles. The van der Waals surface area contributed by atoms with Crippen LogP contribution in [-0.4, -0.2) is 66.3 Å². The third-order valence-electron chi connectivity index (χ3n) is 5.12. The fraction of sp³-hybridized carbons (Fsp3) is 0.400. The molecule has 13 heteroatoms. The summed E-state index contributed by atoms with van der Waals surface area (Å²) in [6.07, 6.45) is 3.67. The van der Waals surface area contributed by atoms with E-state index in [1.807, 2.05) is 0 Å². The van der Waals surface area contributed by atoms with Gasteiger partial charge in [0.1, 0.15) is 28.8 Å². The first-order valence-corrected chi connectivity index (χ1v) is 12.2. The minimum atomic E-state index is -3.82. The van der Waals surface area contributed by atoms with Crippen LogP contribution >= 0.6 is 11.6 Å². The van der Waals surface area contributed by atoms with Crippen molar-refractivity contribution in [2.75, 3.05) is 37.9 Å². The van der Waals surface area contributed by atoms with E-state index < -0.39 is 10.0 Å². The van der Waals surface area contributed by atoms with Crippen molar-refractivity contribution >= 4 is 27.6 Å². The van der Waals surface area contributed by atoms with E-state index in [4.69, 9.17) is 25.8 Å². The van der Waals surface area contributed by atoms with E-state index in [-0.39, 0.29) is 24.0 Å². The average molecular weight is 495 g/mol. The molecule has 176 valence electrons. The Morgan fingerprint density at radius 1 is 1.18 bits per heavy atom. The Kier molecular flexibility index (Phi) is 6.96. The fourth-order valence-electron chi connectivity index (χ4n) is 3.52. The highest BCUT2D eigenvalue weighted by atomic mass is 35.5. The van der Waals surface area contributed by atoms with Crippen molar-refractivity contribution in [3.63, 3.8) is 0 Å². The van der Waals surface area contributed by atoms with Gasteiger partial charge in [-0.2, -0.15) is 0 Å². The Hall–Kier alpha value is -2.96. The smallest absolute Gasteiger partial charge is 0.243 e. The van der Waals surface area contributed by atoms with E-state index in [0.29, 0.717) is 47.1 Å². The van der Waals surface area contributed by atoms with Crippen molar-refractivity contribution < 1.29 is 22.6 Å². The van der Waals surface area contributed by atoms with Gasteiger partial charge in [-0.15, -0.1) is 10.2 Å². The van der Waals surface area contributed by atoms with Crippen LogP contribution in [0.15, 0.2) is 30.6 Å². The van der Waals surface area contributed by atoms with Crippen molar-refractivity contribution in [1.29, 1.82) is 0 Å². The van der Waals surface area contributed by atoms with Gasteiger partial charge in [0.2, 0.25) is 16.0 Å². The number of anilines is 1. The normalized spacial score (nSPS) is 16.0. The van der Waals surface area contributed by atoms with Gasteiger partial charge in [0.05, 0.1) is 31.6 Å². The van der Waals surface area contributed by atoms with Crippen LogP contribution in [0.25, 0.3) is 5.69 Å². The lowest BCUT2D eigenvalue weighted by Gasteiger charge is -2.19. The lowest BCUT2D eigenvalue weighted by Crippen LogP contribution is -2.22. The summed E-state index contributed by atoms with van der Waals surface area (Å²) in [6.45, 7) is 1.04. The molecule has 0 aliphatic carbocycles. The monoisotopic (exact) mass is 494 g/mol. The first kappa shape index (κ1) is 23.2. The number of hydrogen-bond acceptors (Lipinski definition) is 9. The lowest BCUT2D eigenvalue weighted by molar-refractivity contribution is 0.193. The van der Waals surface area contributed by atoms with Gasteiger partial charge in [-0.3, -0.25) is 9.29 Å². The zero-order chi connectivity index (χ0) is 23.4. The summed E-state index contributed by atoms with van der Waals surface area (Å²) in [4.78, 5) is 8.08. The van der Waals surface area contributed by atoms with E-state index >= 15 is 0 Å². The molecule has 0 unspecified atom stereocenters. The van der Waals surface area contributed by atoms with Crippen molar-refractivity contribution in [3.05, 3.63) is 47.3 Å². The first-order valence-electron chi connectivity index (χ1n) is 10.1. The molecule has 0 radical (unpaired) electrons. The summed E-state index contributed by atoms with van der Waals surface area (Å²) in [5, 5.41) is 8.82. The van der Waals surface area contributed by atoms with Crippen LogP contribution in [0.4, 0.5) is 5.95 Å². The Morgan fingerprint density at radius 3 is 2.48 bits per heavy atom. The van der Waals surface area contributed by atoms with Crippen LogP contribution in [0.5, 0.6) is 11.5 Å².